The first kappa shape index (κ1) is 17.2. The molecule has 7 nitrogen and oxygen atoms in total. The third-order valence-electron chi connectivity index (χ3n) is 4.67. The van der Waals surface area contributed by atoms with Gasteiger partial charge in [-0.25, -0.2) is 4.79 Å². The van der Waals surface area contributed by atoms with Crippen molar-refractivity contribution in [3.63, 3.8) is 0 Å². The van der Waals surface area contributed by atoms with E-state index in [0.717, 1.165) is 19.3 Å². The number of amides is 2. The summed E-state index contributed by atoms with van der Waals surface area (Å²) in [5.41, 5.74) is 1.86. The van der Waals surface area contributed by atoms with Crippen LogP contribution in [0.3, 0.4) is 0 Å². The molecule has 1 aromatic carbocycles. The van der Waals surface area contributed by atoms with Gasteiger partial charge >= 0.3 is 6.03 Å². The Morgan fingerprint density at radius 2 is 2.04 bits per heavy atom. The maximum Gasteiger partial charge on any atom is 0.318 e. The highest BCUT2D eigenvalue weighted by Gasteiger charge is 2.34. The molecule has 3 aromatic rings. The predicted octanol–water partition coefficient (Wildman–Crippen LogP) is 3.22. The molecule has 138 valence electrons. The molecule has 1 atom stereocenters. The van der Waals surface area contributed by atoms with Crippen molar-refractivity contribution in [2.24, 2.45) is 0 Å². The summed E-state index contributed by atoms with van der Waals surface area (Å²) < 4.78 is 5.43. The minimum Gasteiger partial charge on any atom is -0.338 e. The van der Waals surface area contributed by atoms with E-state index in [4.69, 9.17) is 4.52 Å². The van der Waals surface area contributed by atoms with Gasteiger partial charge in [0, 0.05) is 19.3 Å². The maximum atomic E-state index is 12.6. The van der Waals surface area contributed by atoms with Gasteiger partial charge in [-0.3, -0.25) is 4.98 Å². The third kappa shape index (κ3) is 3.97. The van der Waals surface area contributed by atoms with Crippen molar-refractivity contribution in [2.75, 3.05) is 13.1 Å². The molecule has 1 fully saturated rings. The zero-order valence-corrected chi connectivity index (χ0v) is 14.9. The smallest absolute Gasteiger partial charge is 0.318 e. The number of nitrogens with zero attached hydrogens (tertiary/aromatic N) is 4. The summed E-state index contributed by atoms with van der Waals surface area (Å²) >= 11 is 0. The van der Waals surface area contributed by atoms with Gasteiger partial charge < -0.3 is 14.7 Å². The van der Waals surface area contributed by atoms with Gasteiger partial charge in [0.25, 0.3) is 0 Å². The van der Waals surface area contributed by atoms with E-state index in [1.54, 1.807) is 11.1 Å². The Balaban J connectivity index is 1.38. The van der Waals surface area contributed by atoms with E-state index < -0.39 is 0 Å². The largest absolute Gasteiger partial charge is 0.338 e. The highest BCUT2D eigenvalue weighted by Crippen LogP contribution is 2.31. The Hall–Kier alpha value is -3.22. The molecule has 0 spiro atoms. The van der Waals surface area contributed by atoms with E-state index in [0.29, 0.717) is 30.5 Å². The van der Waals surface area contributed by atoms with Crippen LogP contribution in [0, 0.1) is 0 Å². The first-order chi connectivity index (χ1) is 13.3. The first-order valence-electron chi connectivity index (χ1n) is 9.14. The van der Waals surface area contributed by atoms with E-state index >= 15 is 0 Å². The molecule has 0 saturated carbocycles. The summed E-state index contributed by atoms with van der Waals surface area (Å²) in [7, 11) is 0. The second-order valence-corrected chi connectivity index (χ2v) is 6.49. The van der Waals surface area contributed by atoms with Crippen LogP contribution in [-0.2, 0) is 6.42 Å². The van der Waals surface area contributed by atoms with Crippen LogP contribution in [0.5, 0.6) is 0 Å². The molecule has 0 bridgehead atoms. The summed E-state index contributed by atoms with van der Waals surface area (Å²) in [5, 5.41) is 7.02. The molecule has 1 N–H and O–H groups in total. The summed E-state index contributed by atoms with van der Waals surface area (Å²) in [5.74, 6) is 0.910. The number of carbonyl (C=O) groups excluding carboxylic acids is 1. The fraction of sp³-hybridized carbons (Fsp3) is 0.300. The molecule has 27 heavy (non-hydrogen) atoms. The number of aromatic nitrogens is 3. The molecule has 1 aliphatic rings. The van der Waals surface area contributed by atoms with Crippen molar-refractivity contribution in [1.82, 2.24) is 25.3 Å². The lowest BCUT2D eigenvalue weighted by Gasteiger charge is -2.22. The Morgan fingerprint density at radius 1 is 1.19 bits per heavy atom. The molecule has 7 heteroatoms. The van der Waals surface area contributed by atoms with Crippen molar-refractivity contribution >= 4 is 6.03 Å². The fourth-order valence-corrected chi connectivity index (χ4v) is 3.30. The van der Waals surface area contributed by atoms with E-state index in [2.05, 4.69) is 32.6 Å². The molecule has 1 aliphatic heterocycles. The van der Waals surface area contributed by atoms with Gasteiger partial charge in [-0.2, -0.15) is 4.98 Å². The minimum atomic E-state index is -0.188. The second kappa shape index (κ2) is 7.99. The Bertz CT molecular complexity index is 882. The van der Waals surface area contributed by atoms with Crippen LogP contribution in [0.2, 0.25) is 0 Å². The van der Waals surface area contributed by atoms with Crippen LogP contribution >= 0.6 is 0 Å². The molecule has 0 radical (unpaired) electrons. The van der Waals surface area contributed by atoms with Crippen molar-refractivity contribution in [3.8, 4) is 11.5 Å². The van der Waals surface area contributed by atoms with E-state index in [-0.39, 0.29) is 12.1 Å². The van der Waals surface area contributed by atoms with E-state index in [9.17, 15) is 4.79 Å². The average molecular weight is 363 g/mol. The number of likely N-dealkylation sites (tertiary alicyclic amines) is 1. The lowest BCUT2D eigenvalue weighted by Crippen LogP contribution is -2.40. The third-order valence-corrected chi connectivity index (χ3v) is 4.67. The number of hydrogen-bond donors (Lipinski definition) is 1. The SMILES string of the molecule is O=C(NCCc1ccccc1)N1CCC[C@@H]1c1nc(-c2ccccn2)no1. The van der Waals surface area contributed by atoms with Crippen molar-refractivity contribution < 1.29 is 9.32 Å². The van der Waals surface area contributed by atoms with Gasteiger partial charge in [-0.15, -0.1) is 0 Å². The molecule has 0 aliphatic carbocycles. The first-order valence-corrected chi connectivity index (χ1v) is 9.14. The van der Waals surface area contributed by atoms with Gasteiger partial charge in [0.1, 0.15) is 11.7 Å². The van der Waals surface area contributed by atoms with Crippen molar-refractivity contribution in [1.29, 1.82) is 0 Å². The molecular formula is C20H21N5O2. The molecule has 0 unspecified atom stereocenters. The van der Waals surface area contributed by atoms with Crippen LogP contribution in [0.15, 0.2) is 59.3 Å². The normalized spacial score (nSPS) is 16.4. The Morgan fingerprint density at radius 3 is 2.85 bits per heavy atom. The summed E-state index contributed by atoms with van der Waals surface area (Å²) in [6, 6.07) is 15.4. The zero-order valence-electron chi connectivity index (χ0n) is 14.9. The van der Waals surface area contributed by atoms with Crippen LogP contribution in [-0.4, -0.2) is 39.1 Å². The van der Waals surface area contributed by atoms with Crippen LogP contribution < -0.4 is 5.32 Å². The molecule has 2 aromatic heterocycles. The quantitative estimate of drug-likeness (QED) is 0.752. The molecular weight excluding hydrogens is 342 g/mol. The van der Waals surface area contributed by atoms with Crippen LogP contribution in [0.25, 0.3) is 11.5 Å². The van der Waals surface area contributed by atoms with Gasteiger partial charge in [0.15, 0.2) is 0 Å². The molecule has 2 amide bonds. The van der Waals surface area contributed by atoms with Gasteiger partial charge in [-0.1, -0.05) is 41.6 Å². The lowest BCUT2D eigenvalue weighted by molar-refractivity contribution is 0.180. The number of carbonyl (C=O) groups is 1. The molecule has 3 heterocycles. The van der Waals surface area contributed by atoms with Gasteiger partial charge in [0.2, 0.25) is 11.7 Å². The highest BCUT2D eigenvalue weighted by molar-refractivity contribution is 5.75. The Labute approximate surface area is 157 Å². The van der Waals surface area contributed by atoms with Crippen LogP contribution in [0.4, 0.5) is 4.79 Å². The number of benzene rings is 1. The summed E-state index contributed by atoms with van der Waals surface area (Å²) in [6.45, 7) is 1.28. The zero-order chi connectivity index (χ0) is 18.5. The van der Waals surface area contributed by atoms with Crippen molar-refractivity contribution in [2.45, 2.75) is 25.3 Å². The standard InChI is InChI=1S/C20H21N5O2/c26-20(22-13-11-15-7-2-1-3-8-15)25-14-6-10-17(25)19-23-18(24-27-19)16-9-4-5-12-21-16/h1-5,7-9,12,17H,6,10-11,13-14H2,(H,22,26)/t17-/m1/s1. The van der Waals surface area contributed by atoms with E-state index in [1.165, 1.54) is 5.56 Å². The topological polar surface area (TPSA) is 84.2 Å². The highest BCUT2D eigenvalue weighted by atomic mass is 16.5. The van der Waals surface area contributed by atoms with Gasteiger partial charge in [0.05, 0.1) is 0 Å². The second-order valence-electron chi connectivity index (χ2n) is 6.49. The predicted molar refractivity (Wildman–Crippen MR) is 99.8 cm³/mol. The number of urea groups is 1. The average Bonchev–Trinajstić information content (AvgIpc) is 3.39. The minimum absolute atomic E-state index is 0.0917. The number of nitrogens with one attached hydrogen (secondary N) is 1. The molecule has 4 rings (SSSR count). The molecule has 1 saturated heterocycles. The summed E-state index contributed by atoms with van der Waals surface area (Å²) in [6.07, 6.45) is 4.22. The lowest BCUT2D eigenvalue weighted by atomic mass is 10.1. The van der Waals surface area contributed by atoms with Crippen LogP contribution in [0.1, 0.15) is 30.3 Å². The van der Waals surface area contributed by atoms with E-state index in [1.807, 2.05) is 36.4 Å². The number of pyridine rings is 1. The fourth-order valence-electron chi connectivity index (χ4n) is 3.30. The van der Waals surface area contributed by atoms with Crippen molar-refractivity contribution in [3.05, 3.63) is 66.2 Å². The van der Waals surface area contributed by atoms with Gasteiger partial charge in [-0.05, 0) is 37.0 Å². The Kier molecular flexibility index (Phi) is 5.09. The summed E-state index contributed by atoms with van der Waals surface area (Å²) in [4.78, 5) is 23.1. The monoisotopic (exact) mass is 363 g/mol. The number of hydrogen-bond acceptors (Lipinski definition) is 5. The maximum absolute atomic E-state index is 12.6. The number of rotatable bonds is 5.